The van der Waals surface area contributed by atoms with Gasteiger partial charge in [-0.2, -0.15) is 0 Å². The second-order valence-corrected chi connectivity index (χ2v) is 12.3. The normalized spacial score (nSPS) is 38.2. The van der Waals surface area contributed by atoms with Crippen molar-refractivity contribution in [1.29, 1.82) is 0 Å². The van der Waals surface area contributed by atoms with Gasteiger partial charge in [0, 0.05) is 17.8 Å². The van der Waals surface area contributed by atoms with Crippen LogP contribution in [0.25, 0.3) is 0 Å². The zero-order valence-electron chi connectivity index (χ0n) is 22.3. The molecule has 7 heteroatoms. The molecule has 6 unspecified atom stereocenters. The van der Waals surface area contributed by atoms with E-state index in [-0.39, 0.29) is 29.8 Å². The molecule has 198 valence electrons. The highest BCUT2D eigenvalue weighted by molar-refractivity contribution is 6.03. The van der Waals surface area contributed by atoms with E-state index in [9.17, 15) is 14.4 Å². The Morgan fingerprint density at radius 2 is 1.78 bits per heavy atom. The van der Waals surface area contributed by atoms with E-state index in [1.807, 2.05) is 36.4 Å². The summed E-state index contributed by atoms with van der Waals surface area (Å²) in [5, 5.41) is 6.34. The predicted molar refractivity (Wildman–Crippen MR) is 141 cm³/mol. The first-order valence-corrected chi connectivity index (χ1v) is 14.1. The molecule has 1 aromatic carbocycles. The fourth-order valence-electron chi connectivity index (χ4n) is 7.18. The first kappa shape index (κ1) is 24.7. The van der Waals surface area contributed by atoms with Crippen LogP contribution in [0.15, 0.2) is 36.4 Å². The van der Waals surface area contributed by atoms with Crippen LogP contribution in [-0.2, 0) is 19.1 Å². The number of carbonyl (C=O) groups excluding carboxylic acids is 3. The number of amides is 3. The molecule has 3 aliphatic heterocycles. The maximum absolute atomic E-state index is 13.9. The molecule has 0 aromatic heterocycles. The van der Waals surface area contributed by atoms with Crippen molar-refractivity contribution in [3.63, 3.8) is 0 Å². The quantitative estimate of drug-likeness (QED) is 0.572. The fraction of sp³-hybridized carbons (Fsp3) is 0.633. The average Bonchev–Trinajstić information content (AvgIpc) is 3.46. The summed E-state index contributed by atoms with van der Waals surface area (Å²) in [7, 11) is 0. The Kier molecular flexibility index (Phi) is 5.98. The number of hydrogen-bond acceptors (Lipinski definition) is 4. The van der Waals surface area contributed by atoms with Gasteiger partial charge < -0.3 is 20.3 Å². The van der Waals surface area contributed by atoms with Crippen molar-refractivity contribution in [2.24, 2.45) is 23.7 Å². The Bertz CT molecular complexity index is 1130. The van der Waals surface area contributed by atoms with Gasteiger partial charge in [-0.3, -0.25) is 14.4 Å². The molecule has 7 nitrogen and oxygen atoms in total. The lowest BCUT2D eigenvalue weighted by Gasteiger charge is -2.38. The first-order chi connectivity index (χ1) is 17.7. The molecule has 2 bridgehead atoms. The van der Waals surface area contributed by atoms with E-state index < -0.39 is 29.6 Å². The summed E-state index contributed by atoms with van der Waals surface area (Å²) in [5.74, 6) is -0.476. The van der Waals surface area contributed by atoms with Crippen LogP contribution in [0.1, 0.15) is 71.3 Å². The minimum absolute atomic E-state index is 0.0502. The monoisotopic (exact) mass is 505 g/mol. The van der Waals surface area contributed by atoms with Gasteiger partial charge in [-0.25, -0.2) is 0 Å². The molecule has 0 radical (unpaired) electrons. The number of likely N-dealkylation sites (tertiary alicyclic amines) is 1. The van der Waals surface area contributed by atoms with E-state index >= 15 is 0 Å². The van der Waals surface area contributed by atoms with E-state index in [2.05, 4.69) is 38.3 Å². The first-order valence-electron chi connectivity index (χ1n) is 14.1. The van der Waals surface area contributed by atoms with E-state index in [0.717, 1.165) is 25.7 Å². The second-order valence-electron chi connectivity index (χ2n) is 12.3. The van der Waals surface area contributed by atoms with Crippen molar-refractivity contribution >= 4 is 23.4 Å². The van der Waals surface area contributed by atoms with Gasteiger partial charge in [0.1, 0.15) is 11.6 Å². The molecule has 2 saturated heterocycles. The van der Waals surface area contributed by atoms with Crippen molar-refractivity contribution in [2.45, 2.75) is 95.5 Å². The number of hydrogen-bond donors (Lipinski definition) is 2. The summed E-state index contributed by atoms with van der Waals surface area (Å²) in [5.41, 5.74) is 0.820. The average molecular weight is 506 g/mol. The van der Waals surface area contributed by atoms with Gasteiger partial charge in [0.25, 0.3) is 0 Å². The summed E-state index contributed by atoms with van der Waals surface area (Å²) in [6.45, 7) is 8.72. The third-order valence-electron chi connectivity index (χ3n) is 9.68. The number of anilines is 1. The Balaban J connectivity index is 1.26. The fourth-order valence-corrected chi connectivity index (χ4v) is 7.18. The van der Waals surface area contributed by atoms with Crippen molar-refractivity contribution < 1.29 is 19.1 Å². The van der Waals surface area contributed by atoms with Crippen LogP contribution in [0.4, 0.5) is 5.69 Å². The van der Waals surface area contributed by atoms with Crippen molar-refractivity contribution in [3.05, 3.63) is 42.0 Å². The molecule has 2 saturated carbocycles. The number of nitrogens with one attached hydrogen (secondary N) is 2. The van der Waals surface area contributed by atoms with Crippen LogP contribution < -0.4 is 10.6 Å². The maximum atomic E-state index is 13.9. The van der Waals surface area contributed by atoms with E-state index in [1.165, 1.54) is 12.0 Å². The molecule has 2 aliphatic carbocycles. The third-order valence-corrected chi connectivity index (χ3v) is 9.68. The topological polar surface area (TPSA) is 87.7 Å². The van der Waals surface area contributed by atoms with Gasteiger partial charge in [-0.1, -0.05) is 64.8 Å². The molecule has 8 atom stereocenters. The zero-order valence-corrected chi connectivity index (χ0v) is 22.3. The van der Waals surface area contributed by atoms with Crippen molar-refractivity contribution in [2.75, 3.05) is 5.32 Å². The van der Waals surface area contributed by atoms with Crippen LogP contribution in [0, 0.1) is 23.7 Å². The minimum Gasteiger partial charge on any atom is -0.359 e. The lowest BCUT2D eigenvalue weighted by atomic mass is 9.73. The lowest BCUT2D eigenvalue weighted by Crippen LogP contribution is -2.58. The van der Waals surface area contributed by atoms with E-state index in [0.29, 0.717) is 23.4 Å². The summed E-state index contributed by atoms with van der Waals surface area (Å²) >= 11 is 0. The largest absolute Gasteiger partial charge is 0.359 e. The smallest absolute Gasteiger partial charge is 0.246 e. The van der Waals surface area contributed by atoms with Crippen LogP contribution in [-0.4, -0.2) is 52.5 Å². The molecule has 1 spiro atoms. The van der Waals surface area contributed by atoms with Gasteiger partial charge in [-0.05, 0) is 54.7 Å². The SMILES string of the molecule is CC(C)c1ccc(NC(=O)C2[C@H]3C=CC4(O3)C(C(=O)NC3CCCC(C)C3C)N(C3CC3)C(=O)[C@@H]24)cc1. The number of carbonyl (C=O) groups is 3. The van der Waals surface area contributed by atoms with Gasteiger partial charge in [0.2, 0.25) is 17.7 Å². The molecule has 5 aliphatic rings. The van der Waals surface area contributed by atoms with Gasteiger partial charge >= 0.3 is 0 Å². The second kappa shape index (κ2) is 8.97. The zero-order chi connectivity index (χ0) is 26.1. The van der Waals surface area contributed by atoms with Crippen molar-refractivity contribution in [1.82, 2.24) is 10.2 Å². The van der Waals surface area contributed by atoms with Gasteiger partial charge in [-0.15, -0.1) is 0 Å². The summed E-state index contributed by atoms with van der Waals surface area (Å²) < 4.78 is 6.46. The third kappa shape index (κ3) is 3.92. The van der Waals surface area contributed by atoms with Gasteiger partial charge in [0.15, 0.2) is 0 Å². The van der Waals surface area contributed by atoms with Gasteiger partial charge in [0.05, 0.1) is 17.9 Å². The highest BCUT2D eigenvalue weighted by Crippen LogP contribution is 2.57. The van der Waals surface area contributed by atoms with Crippen molar-refractivity contribution in [3.8, 4) is 0 Å². The highest BCUT2D eigenvalue weighted by atomic mass is 16.5. The predicted octanol–water partition coefficient (Wildman–Crippen LogP) is 4.00. The molecule has 6 rings (SSSR count). The highest BCUT2D eigenvalue weighted by Gasteiger charge is 2.74. The number of fused-ring (bicyclic) bond motifs is 1. The molecule has 2 N–H and O–H groups in total. The number of nitrogens with zero attached hydrogens (tertiary/aromatic N) is 1. The van der Waals surface area contributed by atoms with E-state index in [1.54, 1.807) is 4.90 Å². The Morgan fingerprint density at radius 3 is 2.46 bits per heavy atom. The number of ether oxygens (including phenoxy) is 1. The van der Waals surface area contributed by atoms with Crippen LogP contribution in [0.2, 0.25) is 0 Å². The summed E-state index contributed by atoms with van der Waals surface area (Å²) in [4.78, 5) is 43.2. The van der Waals surface area contributed by atoms with E-state index in [4.69, 9.17) is 4.74 Å². The summed E-state index contributed by atoms with van der Waals surface area (Å²) in [6, 6.07) is 7.26. The van der Waals surface area contributed by atoms with Crippen LogP contribution in [0.3, 0.4) is 0 Å². The summed E-state index contributed by atoms with van der Waals surface area (Å²) in [6.07, 6.45) is 8.30. The number of benzene rings is 1. The lowest BCUT2D eigenvalue weighted by molar-refractivity contribution is -0.142. The minimum atomic E-state index is -1.08. The molecular weight excluding hydrogens is 466 g/mol. The maximum Gasteiger partial charge on any atom is 0.246 e. The molecule has 37 heavy (non-hydrogen) atoms. The molecule has 1 aromatic rings. The standard InChI is InChI=1S/C30H39N3O4/c1-16(2)19-8-10-20(11-9-19)31-27(34)24-23-14-15-30(37-23)25(24)29(36)33(21-12-13-21)26(30)28(35)32-22-7-5-6-17(3)18(22)4/h8-11,14-18,21-26H,5-7,12-13H2,1-4H3,(H,31,34)(H,32,35)/t17?,18?,22?,23-,24?,25-,26?,30?/m1/s1. The van der Waals surface area contributed by atoms with Crippen LogP contribution in [0.5, 0.6) is 0 Å². The molecule has 3 heterocycles. The molecule has 3 amide bonds. The number of rotatable bonds is 6. The Labute approximate surface area is 219 Å². The van der Waals surface area contributed by atoms with Crippen LogP contribution >= 0.6 is 0 Å². The molecule has 4 fully saturated rings. The Morgan fingerprint density at radius 1 is 1.05 bits per heavy atom. The molecular formula is C30H39N3O4. The Hall–Kier alpha value is -2.67.